The molecule has 0 N–H and O–H groups in total. The molecule has 7 heteroatoms. The summed E-state index contributed by atoms with van der Waals surface area (Å²) >= 11 is 0. The summed E-state index contributed by atoms with van der Waals surface area (Å²) in [5.41, 5.74) is 0.227. The number of hydrogen-bond donors (Lipinski definition) is 0. The number of fused-ring (bicyclic) bond motifs is 5. The van der Waals surface area contributed by atoms with E-state index >= 15 is 0 Å². The number of hydrogen-bond acceptors (Lipinski definition) is 7. The Morgan fingerprint density at radius 1 is 0.969 bits per heavy atom. The maximum absolute atomic E-state index is 13.2. The molecule has 0 bridgehead atoms. The lowest BCUT2D eigenvalue weighted by molar-refractivity contribution is -0.176. The summed E-state index contributed by atoms with van der Waals surface area (Å²) in [7, 11) is 1.46. The van der Waals surface area contributed by atoms with Crippen LogP contribution in [0.25, 0.3) is 0 Å². The van der Waals surface area contributed by atoms with Gasteiger partial charge in [0.05, 0.1) is 13.0 Å². The fourth-order valence-electron chi connectivity index (χ4n) is 7.38. The molecule has 0 unspecified atom stereocenters. The van der Waals surface area contributed by atoms with E-state index < -0.39 is 17.5 Å². The van der Waals surface area contributed by atoms with E-state index in [1.807, 2.05) is 0 Å². The number of carbonyl (C=O) groups is 4. The summed E-state index contributed by atoms with van der Waals surface area (Å²) in [6.45, 7) is 2.27. The molecule has 176 valence electrons. The Bertz CT molecular complexity index is 830. The van der Waals surface area contributed by atoms with Gasteiger partial charge in [0.15, 0.2) is 12.2 Å². The summed E-state index contributed by atoms with van der Waals surface area (Å²) in [5, 5.41) is 0. The summed E-state index contributed by atoms with van der Waals surface area (Å²) in [5.74, 6) is 0.375. The van der Waals surface area contributed by atoms with Crippen LogP contribution in [-0.4, -0.2) is 43.0 Å². The molecule has 0 aromatic heterocycles. The fraction of sp³-hybridized carbons (Fsp3) is 0.760. The van der Waals surface area contributed by atoms with Crippen LogP contribution in [0.4, 0.5) is 0 Å². The molecule has 3 saturated carbocycles. The van der Waals surface area contributed by atoms with Crippen molar-refractivity contribution in [3.8, 4) is 0 Å². The summed E-state index contributed by atoms with van der Waals surface area (Å²) < 4.78 is 15.7. The number of carbonyl (C=O) groups excluding carboxylic acids is 4. The molecule has 7 atom stereocenters. The molecular formula is C25H34O7. The van der Waals surface area contributed by atoms with Crippen LogP contribution in [0.5, 0.6) is 0 Å². The third kappa shape index (κ3) is 3.99. The first-order valence-electron chi connectivity index (χ1n) is 11.9. The first kappa shape index (κ1) is 23.0. The van der Waals surface area contributed by atoms with E-state index in [0.717, 1.165) is 44.9 Å². The van der Waals surface area contributed by atoms with E-state index in [1.54, 1.807) is 0 Å². The summed E-state index contributed by atoms with van der Waals surface area (Å²) in [4.78, 5) is 48.4. The predicted molar refractivity (Wildman–Crippen MR) is 114 cm³/mol. The Morgan fingerprint density at radius 2 is 1.75 bits per heavy atom. The average Bonchev–Trinajstić information content (AvgIpc) is 3.15. The zero-order valence-corrected chi connectivity index (χ0v) is 19.3. The van der Waals surface area contributed by atoms with Crippen LogP contribution in [0.2, 0.25) is 0 Å². The zero-order chi connectivity index (χ0) is 23.0. The van der Waals surface area contributed by atoms with Gasteiger partial charge in [0.25, 0.3) is 0 Å². The molecule has 0 heterocycles. The Labute approximate surface area is 189 Å². The maximum atomic E-state index is 13.2. The third-order valence-electron chi connectivity index (χ3n) is 8.57. The molecule has 0 amide bonds. The minimum atomic E-state index is -1.18. The second-order valence-corrected chi connectivity index (χ2v) is 10.0. The molecule has 4 aliphatic rings. The molecule has 0 saturated heterocycles. The van der Waals surface area contributed by atoms with Gasteiger partial charge in [0, 0.05) is 19.8 Å². The van der Waals surface area contributed by atoms with Crippen LogP contribution in [0.3, 0.4) is 0 Å². The van der Waals surface area contributed by atoms with Crippen LogP contribution in [0.15, 0.2) is 11.6 Å². The van der Waals surface area contributed by atoms with Crippen molar-refractivity contribution in [1.29, 1.82) is 0 Å². The summed E-state index contributed by atoms with van der Waals surface area (Å²) in [6, 6.07) is 0. The lowest BCUT2D eigenvalue weighted by Crippen LogP contribution is -2.52. The van der Waals surface area contributed by atoms with Crippen LogP contribution in [0, 0.1) is 35.5 Å². The molecule has 0 spiro atoms. The van der Waals surface area contributed by atoms with Crippen LogP contribution < -0.4 is 0 Å². The second-order valence-electron chi connectivity index (χ2n) is 10.0. The fourth-order valence-corrected chi connectivity index (χ4v) is 7.38. The number of Topliss-reactive ketones (excluding diaryl/α,β-unsaturated/α-hetero) is 1. The first-order chi connectivity index (χ1) is 15.3. The quantitative estimate of drug-likeness (QED) is 0.363. The maximum Gasteiger partial charge on any atom is 0.308 e. The molecular weight excluding hydrogens is 412 g/mol. The van der Waals surface area contributed by atoms with Crippen molar-refractivity contribution in [1.82, 2.24) is 0 Å². The van der Waals surface area contributed by atoms with E-state index in [0.29, 0.717) is 30.1 Å². The Kier molecular flexibility index (Phi) is 6.46. The van der Waals surface area contributed by atoms with Crippen molar-refractivity contribution in [2.75, 3.05) is 13.7 Å². The van der Waals surface area contributed by atoms with Gasteiger partial charge in [0.2, 0.25) is 5.78 Å². The lowest BCUT2D eigenvalue weighted by atomic mass is 9.55. The van der Waals surface area contributed by atoms with Crippen molar-refractivity contribution < 1.29 is 33.4 Å². The molecule has 0 aromatic carbocycles. The molecule has 0 aromatic rings. The number of ketones is 1. The third-order valence-corrected chi connectivity index (χ3v) is 8.57. The molecule has 32 heavy (non-hydrogen) atoms. The topological polar surface area (TPSA) is 96.0 Å². The molecule has 0 radical (unpaired) electrons. The predicted octanol–water partition coefficient (Wildman–Crippen LogP) is 3.39. The molecule has 4 aliphatic carbocycles. The van der Waals surface area contributed by atoms with Crippen LogP contribution >= 0.6 is 0 Å². The van der Waals surface area contributed by atoms with E-state index in [4.69, 9.17) is 14.2 Å². The van der Waals surface area contributed by atoms with E-state index in [-0.39, 0.29) is 30.2 Å². The van der Waals surface area contributed by atoms with Crippen molar-refractivity contribution in [2.45, 2.75) is 70.8 Å². The highest BCUT2D eigenvalue weighted by atomic mass is 16.6. The zero-order valence-electron chi connectivity index (χ0n) is 19.3. The molecule has 0 aliphatic heterocycles. The van der Waals surface area contributed by atoms with Crippen molar-refractivity contribution >= 4 is 23.7 Å². The van der Waals surface area contributed by atoms with Crippen molar-refractivity contribution in [3.63, 3.8) is 0 Å². The van der Waals surface area contributed by atoms with Gasteiger partial charge >= 0.3 is 17.9 Å². The van der Waals surface area contributed by atoms with Crippen LogP contribution in [0.1, 0.15) is 65.2 Å². The van der Waals surface area contributed by atoms with Gasteiger partial charge in [-0.1, -0.05) is 11.6 Å². The Hall–Kier alpha value is -2.18. The monoisotopic (exact) mass is 446 g/mol. The van der Waals surface area contributed by atoms with Crippen LogP contribution in [-0.2, 0) is 33.4 Å². The average molecular weight is 447 g/mol. The second kappa shape index (κ2) is 8.99. The highest BCUT2D eigenvalue weighted by Crippen LogP contribution is 2.60. The summed E-state index contributed by atoms with van der Waals surface area (Å²) in [6.07, 6.45) is 9.09. The van der Waals surface area contributed by atoms with Crippen molar-refractivity contribution in [2.24, 2.45) is 35.5 Å². The molecule has 4 rings (SSSR count). The number of allylic oxidation sites excluding steroid dienone is 2. The molecule has 7 nitrogen and oxygen atoms in total. The number of ether oxygens (including phenoxy) is 3. The normalized spacial score (nSPS) is 37.8. The van der Waals surface area contributed by atoms with Crippen molar-refractivity contribution in [3.05, 3.63) is 11.6 Å². The standard InChI is InChI=1S/C25H34O7/c1-14(26)31-13-23(28)25(32-15(2)27)11-10-21-20-7-4-16-12-17(24(29)30-3)5-6-18(16)19(20)8-9-22(21)25/h4,17-22H,5-13H2,1-3H3/t17-,18-,19-,20-,21+,22-,25+/m0/s1. The van der Waals surface area contributed by atoms with Gasteiger partial charge in [-0.05, 0) is 75.0 Å². The van der Waals surface area contributed by atoms with Gasteiger partial charge in [-0.15, -0.1) is 0 Å². The van der Waals surface area contributed by atoms with E-state index in [9.17, 15) is 19.2 Å². The Morgan fingerprint density at radius 3 is 2.44 bits per heavy atom. The highest BCUT2D eigenvalue weighted by Gasteiger charge is 2.60. The minimum absolute atomic E-state index is 0.0302. The van der Waals surface area contributed by atoms with Gasteiger partial charge < -0.3 is 14.2 Å². The Balaban J connectivity index is 1.54. The van der Waals surface area contributed by atoms with Gasteiger partial charge in [-0.3, -0.25) is 19.2 Å². The number of methoxy groups -OCH3 is 1. The van der Waals surface area contributed by atoms with Gasteiger partial charge in [-0.2, -0.15) is 0 Å². The van der Waals surface area contributed by atoms with E-state index in [1.165, 1.54) is 26.5 Å². The highest BCUT2D eigenvalue weighted by molar-refractivity contribution is 5.92. The number of rotatable bonds is 5. The SMILES string of the molecule is COC(=O)[C@H]1CC[C@H]2C(=CC[C@H]3[C@H]2CC[C@H]2[C@@H]3CC[C@]2(OC(C)=O)C(=O)COC(C)=O)C1. The minimum Gasteiger partial charge on any atom is -0.469 e. The first-order valence-corrected chi connectivity index (χ1v) is 11.9. The van der Waals surface area contributed by atoms with E-state index in [2.05, 4.69) is 6.08 Å². The van der Waals surface area contributed by atoms with Gasteiger partial charge in [-0.25, -0.2) is 0 Å². The largest absolute Gasteiger partial charge is 0.469 e. The number of esters is 3. The van der Waals surface area contributed by atoms with Gasteiger partial charge in [0.1, 0.15) is 0 Å². The molecule has 3 fully saturated rings. The lowest BCUT2D eigenvalue weighted by Gasteiger charge is -2.50. The smallest absolute Gasteiger partial charge is 0.308 e.